The van der Waals surface area contributed by atoms with Gasteiger partial charge >= 0.3 is 0 Å². The standard InChI is InChI=1S/C28H30N8O3/c1-15(37)23-24(17-11-18-5-6-19(12-17)35(18)28(38)22-3-2-10-39-22)34-27-20(14-33-36(27)25(23)29)16-4-7-21(32-13-16)26-30-8-9-31-26/h4,7-9,13-14,17-19,22H,2-3,5-6,10-12,29H2,1H3,(H,30,31). The zero-order valence-corrected chi connectivity index (χ0v) is 21.7. The highest BCUT2D eigenvalue weighted by Gasteiger charge is 2.47. The van der Waals surface area contributed by atoms with Gasteiger partial charge in [0.05, 0.1) is 17.5 Å². The molecule has 11 heteroatoms. The van der Waals surface area contributed by atoms with Crippen LogP contribution >= 0.6 is 0 Å². The van der Waals surface area contributed by atoms with Crippen LogP contribution in [0, 0.1) is 0 Å². The van der Waals surface area contributed by atoms with Crippen molar-refractivity contribution < 1.29 is 14.3 Å². The van der Waals surface area contributed by atoms with E-state index in [4.69, 9.17) is 15.5 Å². The van der Waals surface area contributed by atoms with Crippen LogP contribution in [0.5, 0.6) is 0 Å². The molecule has 3 N–H and O–H groups in total. The molecule has 0 radical (unpaired) electrons. The first-order valence-electron chi connectivity index (χ1n) is 13.6. The monoisotopic (exact) mass is 526 g/mol. The molecule has 200 valence electrons. The number of nitrogens with one attached hydrogen (secondary N) is 1. The van der Waals surface area contributed by atoms with E-state index in [-0.39, 0.29) is 35.8 Å². The summed E-state index contributed by atoms with van der Waals surface area (Å²) in [6.45, 7) is 2.18. The Labute approximate surface area is 224 Å². The average Bonchev–Trinajstić information content (AvgIpc) is 3.75. The Morgan fingerprint density at radius 1 is 1.10 bits per heavy atom. The lowest BCUT2D eigenvalue weighted by molar-refractivity contribution is -0.145. The van der Waals surface area contributed by atoms with Crippen molar-refractivity contribution >= 4 is 23.2 Å². The first-order chi connectivity index (χ1) is 19.0. The maximum absolute atomic E-state index is 13.3. The van der Waals surface area contributed by atoms with Gasteiger partial charge in [0.25, 0.3) is 5.91 Å². The van der Waals surface area contributed by atoms with Crippen molar-refractivity contribution in [2.24, 2.45) is 0 Å². The van der Waals surface area contributed by atoms with Crippen molar-refractivity contribution in [1.29, 1.82) is 0 Å². The van der Waals surface area contributed by atoms with Gasteiger partial charge < -0.3 is 20.4 Å². The van der Waals surface area contributed by atoms with Crippen molar-refractivity contribution in [3.05, 3.63) is 48.2 Å². The van der Waals surface area contributed by atoms with E-state index in [1.54, 1.807) is 29.3 Å². The Kier molecular flexibility index (Phi) is 5.69. The summed E-state index contributed by atoms with van der Waals surface area (Å²) in [6.07, 6.45) is 11.7. The largest absolute Gasteiger partial charge is 0.383 e. The number of aromatic nitrogens is 6. The SMILES string of the molecule is CC(=O)c1c(C2CC3CCC(C2)N3C(=O)C2CCCO2)nc2c(-c3ccc(-c4ncc[nH]4)nc3)cnn2c1N. The van der Waals surface area contributed by atoms with E-state index in [0.717, 1.165) is 55.3 Å². The number of carbonyl (C=O) groups excluding carboxylic acids is 2. The van der Waals surface area contributed by atoms with Crippen LogP contribution in [0.1, 0.15) is 67.4 Å². The Morgan fingerprint density at radius 2 is 1.92 bits per heavy atom. The minimum Gasteiger partial charge on any atom is -0.383 e. The average molecular weight is 527 g/mol. The number of hydrogen-bond donors (Lipinski definition) is 2. The Hall–Kier alpha value is -4.12. The molecule has 3 aliphatic rings. The Morgan fingerprint density at radius 3 is 2.56 bits per heavy atom. The molecule has 7 rings (SSSR count). The maximum Gasteiger partial charge on any atom is 0.252 e. The van der Waals surface area contributed by atoms with Crippen LogP contribution in [-0.2, 0) is 9.53 Å². The summed E-state index contributed by atoms with van der Waals surface area (Å²) in [7, 11) is 0. The molecule has 0 spiro atoms. The summed E-state index contributed by atoms with van der Waals surface area (Å²) in [5.41, 5.74) is 10.6. The molecule has 1 amide bonds. The van der Waals surface area contributed by atoms with E-state index < -0.39 is 0 Å². The van der Waals surface area contributed by atoms with Gasteiger partial charge in [0, 0.05) is 54.3 Å². The minimum absolute atomic E-state index is 0.0180. The lowest BCUT2D eigenvalue weighted by Crippen LogP contribution is -2.50. The van der Waals surface area contributed by atoms with Crippen molar-refractivity contribution in [1.82, 2.24) is 34.4 Å². The van der Waals surface area contributed by atoms with Crippen LogP contribution in [0.4, 0.5) is 5.82 Å². The van der Waals surface area contributed by atoms with Gasteiger partial charge in [-0.3, -0.25) is 14.6 Å². The van der Waals surface area contributed by atoms with Crippen LogP contribution in [-0.4, -0.2) is 70.9 Å². The number of nitrogens with two attached hydrogens (primary N) is 1. The summed E-state index contributed by atoms with van der Waals surface area (Å²) in [4.78, 5) is 45.1. The summed E-state index contributed by atoms with van der Waals surface area (Å²) in [5.74, 6) is 0.986. The first kappa shape index (κ1) is 24.0. The molecule has 3 unspecified atom stereocenters. The van der Waals surface area contributed by atoms with Gasteiger partial charge in [-0.05, 0) is 51.5 Å². The topological polar surface area (TPSA) is 144 Å². The molecule has 39 heavy (non-hydrogen) atoms. The van der Waals surface area contributed by atoms with E-state index in [9.17, 15) is 9.59 Å². The van der Waals surface area contributed by atoms with Crippen molar-refractivity contribution in [2.75, 3.05) is 12.3 Å². The summed E-state index contributed by atoms with van der Waals surface area (Å²) < 4.78 is 7.25. The number of ether oxygens (including phenoxy) is 1. The van der Waals surface area contributed by atoms with Crippen molar-refractivity contribution in [2.45, 2.75) is 69.6 Å². The molecule has 4 aromatic rings. The number of piperidine rings is 1. The fourth-order valence-corrected chi connectivity index (χ4v) is 6.69. The molecule has 11 nitrogen and oxygen atoms in total. The molecule has 4 aromatic heterocycles. The van der Waals surface area contributed by atoms with Crippen molar-refractivity contribution in [3.8, 4) is 22.6 Å². The van der Waals surface area contributed by atoms with Gasteiger partial charge in [-0.25, -0.2) is 9.97 Å². The van der Waals surface area contributed by atoms with Crippen LogP contribution in [0.2, 0.25) is 0 Å². The summed E-state index contributed by atoms with van der Waals surface area (Å²) in [6, 6.07) is 4.08. The quantitative estimate of drug-likeness (QED) is 0.377. The number of rotatable bonds is 5. The second-order valence-electron chi connectivity index (χ2n) is 10.8. The number of Topliss-reactive ketones (excluding diaryl/α,β-unsaturated/α-hetero) is 1. The minimum atomic E-state index is -0.315. The molecule has 3 aliphatic heterocycles. The van der Waals surface area contributed by atoms with Gasteiger partial charge in [0.2, 0.25) is 0 Å². The number of imidazole rings is 1. The van der Waals surface area contributed by atoms with E-state index >= 15 is 0 Å². The van der Waals surface area contributed by atoms with Crippen LogP contribution < -0.4 is 5.73 Å². The highest BCUT2D eigenvalue weighted by molar-refractivity contribution is 6.00. The predicted octanol–water partition coefficient (Wildman–Crippen LogP) is 3.38. The van der Waals surface area contributed by atoms with E-state index in [0.29, 0.717) is 35.2 Å². The number of aromatic amines is 1. The fraction of sp³-hybridized carbons (Fsp3) is 0.429. The highest BCUT2D eigenvalue weighted by atomic mass is 16.5. The fourth-order valence-electron chi connectivity index (χ4n) is 6.69. The molecular formula is C28H30N8O3. The number of anilines is 1. The second kappa shape index (κ2) is 9.26. The maximum atomic E-state index is 13.3. The van der Waals surface area contributed by atoms with Gasteiger partial charge in [-0.1, -0.05) is 6.07 Å². The molecule has 7 heterocycles. The third-order valence-corrected chi connectivity index (χ3v) is 8.46. The van der Waals surface area contributed by atoms with Gasteiger partial charge in [-0.15, -0.1) is 0 Å². The molecule has 0 aromatic carbocycles. The molecule has 0 aliphatic carbocycles. The smallest absolute Gasteiger partial charge is 0.252 e. The third-order valence-electron chi connectivity index (χ3n) is 8.46. The van der Waals surface area contributed by atoms with Crippen LogP contribution in [0.15, 0.2) is 36.9 Å². The lowest BCUT2D eigenvalue weighted by atomic mass is 9.85. The number of nitrogen functional groups attached to an aromatic ring is 1. The third kappa shape index (κ3) is 3.91. The number of amides is 1. The number of nitrogens with zero attached hydrogens (tertiary/aromatic N) is 6. The normalized spacial score (nSPS) is 24.5. The first-order valence-corrected chi connectivity index (χ1v) is 13.6. The summed E-state index contributed by atoms with van der Waals surface area (Å²) >= 11 is 0. The Bertz CT molecular complexity index is 1540. The number of ketones is 1. The molecule has 0 saturated carbocycles. The number of hydrogen-bond acceptors (Lipinski definition) is 8. The van der Waals surface area contributed by atoms with E-state index in [2.05, 4.69) is 25.0 Å². The number of H-pyrrole nitrogens is 1. The van der Waals surface area contributed by atoms with E-state index in [1.807, 2.05) is 12.1 Å². The number of carbonyl (C=O) groups is 2. The van der Waals surface area contributed by atoms with Crippen molar-refractivity contribution in [3.63, 3.8) is 0 Å². The number of fused-ring (bicyclic) bond motifs is 3. The summed E-state index contributed by atoms with van der Waals surface area (Å²) in [5, 5.41) is 4.48. The van der Waals surface area contributed by atoms with E-state index in [1.165, 1.54) is 6.92 Å². The Balaban J connectivity index is 1.25. The van der Waals surface area contributed by atoms with Crippen LogP contribution in [0.25, 0.3) is 28.3 Å². The lowest BCUT2D eigenvalue weighted by Gasteiger charge is -2.40. The van der Waals surface area contributed by atoms with Crippen LogP contribution in [0.3, 0.4) is 0 Å². The zero-order chi connectivity index (χ0) is 26.7. The van der Waals surface area contributed by atoms with Gasteiger partial charge in [0.1, 0.15) is 17.6 Å². The molecule has 3 fully saturated rings. The molecule has 2 bridgehead atoms. The number of pyridine rings is 1. The highest BCUT2D eigenvalue weighted by Crippen LogP contribution is 2.45. The predicted molar refractivity (Wildman–Crippen MR) is 143 cm³/mol. The van der Waals surface area contributed by atoms with Gasteiger partial charge in [0.15, 0.2) is 17.3 Å². The molecule has 3 atom stereocenters. The zero-order valence-electron chi connectivity index (χ0n) is 21.7. The second-order valence-corrected chi connectivity index (χ2v) is 10.8. The van der Waals surface area contributed by atoms with Gasteiger partial charge in [-0.2, -0.15) is 9.61 Å². The molecule has 3 saturated heterocycles. The molecular weight excluding hydrogens is 496 g/mol.